The number of hydrogen-bond donors (Lipinski definition) is 1. The third-order valence-corrected chi connectivity index (χ3v) is 8.00. The Morgan fingerprint density at radius 2 is 1.85 bits per heavy atom. The first-order chi connectivity index (χ1) is 15.7. The average molecular weight is 453 g/mol. The van der Waals surface area contributed by atoms with Gasteiger partial charge in [0, 0.05) is 6.04 Å². The fraction of sp³-hybridized carbons (Fsp3) is 0.643. The number of hydrogen-bond acceptors (Lipinski definition) is 3. The lowest BCUT2D eigenvalue weighted by atomic mass is 9.69. The molecule has 1 aromatic carbocycles. The molecule has 5 unspecified atom stereocenters. The van der Waals surface area contributed by atoms with Crippen molar-refractivity contribution in [1.29, 1.82) is 0 Å². The Kier molecular flexibility index (Phi) is 7.16. The number of carbonyl (C=O) groups excluding carboxylic acids is 2. The van der Waals surface area contributed by atoms with Crippen molar-refractivity contribution in [2.24, 2.45) is 17.3 Å². The lowest BCUT2D eigenvalue weighted by molar-refractivity contribution is -0.154. The number of carbonyl (C=O) groups is 2. The zero-order valence-corrected chi connectivity index (χ0v) is 20.7. The van der Waals surface area contributed by atoms with Crippen molar-refractivity contribution >= 4 is 17.9 Å². The van der Waals surface area contributed by atoms with Gasteiger partial charge in [0.1, 0.15) is 12.6 Å². The molecular formula is C28H40N2O3. The number of benzene rings is 1. The van der Waals surface area contributed by atoms with Gasteiger partial charge in [0.15, 0.2) is 5.76 Å². The molecule has 1 saturated heterocycles. The molecule has 33 heavy (non-hydrogen) atoms. The smallest absolute Gasteiger partial charge is 0.289 e. The Morgan fingerprint density at radius 3 is 2.55 bits per heavy atom. The van der Waals surface area contributed by atoms with Gasteiger partial charge in [0.25, 0.3) is 5.91 Å². The highest BCUT2D eigenvalue weighted by Crippen LogP contribution is 2.42. The lowest BCUT2D eigenvalue weighted by Gasteiger charge is -2.48. The number of nitrogens with zero attached hydrogens (tertiary/aromatic N) is 1. The number of fused-ring (bicyclic) bond motifs is 1. The monoisotopic (exact) mass is 452 g/mol. The molecule has 1 aliphatic heterocycles. The summed E-state index contributed by atoms with van der Waals surface area (Å²) >= 11 is 0. The van der Waals surface area contributed by atoms with E-state index in [0.717, 1.165) is 44.1 Å². The van der Waals surface area contributed by atoms with E-state index in [0.29, 0.717) is 17.6 Å². The van der Waals surface area contributed by atoms with Crippen molar-refractivity contribution in [3.05, 3.63) is 41.7 Å². The van der Waals surface area contributed by atoms with Crippen LogP contribution in [0.5, 0.6) is 0 Å². The second kappa shape index (κ2) is 9.90. The quantitative estimate of drug-likeness (QED) is 0.642. The van der Waals surface area contributed by atoms with Crippen molar-refractivity contribution in [1.82, 2.24) is 10.2 Å². The van der Waals surface area contributed by atoms with E-state index >= 15 is 0 Å². The molecule has 5 atom stereocenters. The SMILES string of the molecule is CC1CCCCC1NC(=O)CN1C(=O)/C(=C/c2ccccc2)OC2CCC(C(C)(C)C)CC21. The Hall–Kier alpha value is -2.30. The van der Waals surface area contributed by atoms with E-state index in [-0.39, 0.29) is 42.0 Å². The number of nitrogens with one attached hydrogen (secondary N) is 1. The van der Waals surface area contributed by atoms with Crippen molar-refractivity contribution < 1.29 is 14.3 Å². The van der Waals surface area contributed by atoms with Crippen LogP contribution in [0.25, 0.3) is 6.08 Å². The maximum absolute atomic E-state index is 13.6. The van der Waals surface area contributed by atoms with Crippen molar-refractivity contribution in [3.63, 3.8) is 0 Å². The molecule has 1 N–H and O–H groups in total. The van der Waals surface area contributed by atoms with Crippen LogP contribution in [0.1, 0.15) is 78.2 Å². The third kappa shape index (κ3) is 5.62. The van der Waals surface area contributed by atoms with E-state index in [2.05, 4.69) is 33.0 Å². The fourth-order valence-electron chi connectivity index (χ4n) is 5.80. The molecule has 0 radical (unpaired) electrons. The molecule has 1 aromatic rings. The highest BCUT2D eigenvalue weighted by Gasteiger charge is 2.46. The average Bonchev–Trinajstić information content (AvgIpc) is 2.78. The second-order valence-corrected chi connectivity index (χ2v) is 11.4. The van der Waals surface area contributed by atoms with Crippen molar-refractivity contribution in [3.8, 4) is 0 Å². The van der Waals surface area contributed by atoms with Gasteiger partial charge < -0.3 is 15.0 Å². The molecule has 0 spiro atoms. The highest BCUT2D eigenvalue weighted by atomic mass is 16.5. The molecule has 0 aromatic heterocycles. The van der Waals surface area contributed by atoms with Crippen LogP contribution < -0.4 is 5.32 Å². The van der Waals surface area contributed by atoms with E-state index in [1.807, 2.05) is 41.3 Å². The maximum Gasteiger partial charge on any atom is 0.289 e. The zero-order valence-electron chi connectivity index (χ0n) is 20.7. The fourth-order valence-corrected chi connectivity index (χ4v) is 5.80. The topological polar surface area (TPSA) is 58.6 Å². The largest absolute Gasteiger partial charge is 0.482 e. The van der Waals surface area contributed by atoms with Gasteiger partial charge in [0.05, 0.1) is 6.04 Å². The normalized spacial score (nSPS) is 31.6. The minimum absolute atomic E-state index is 0.0420. The molecule has 4 rings (SSSR count). The minimum Gasteiger partial charge on any atom is -0.482 e. The Morgan fingerprint density at radius 1 is 1.12 bits per heavy atom. The van der Waals surface area contributed by atoms with Gasteiger partial charge in [-0.2, -0.15) is 0 Å². The molecule has 2 saturated carbocycles. The first-order valence-electron chi connectivity index (χ1n) is 12.8. The summed E-state index contributed by atoms with van der Waals surface area (Å²) in [5, 5.41) is 3.24. The van der Waals surface area contributed by atoms with Gasteiger partial charge in [0.2, 0.25) is 5.91 Å². The number of morpholine rings is 1. The van der Waals surface area contributed by atoms with Crippen LogP contribution in [0.15, 0.2) is 36.1 Å². The molecule has 1 heterocycles. The molecule has 3 aliphatic rings. The van der Waals surface area contributed by atoms with Crippen LogP contribution in [-0.4, -0.2) is 41.4 Å². The lowest BCUT2D eigenvalue weighted by Crippen LogP contribution is -2.59. The van der Waals surface area contributed by atoms with E-state index in [1.165, 1.54) is 6.42 Å². The summed E-state index contributed by atoms with van der Waals surface area (Å²) in [6.07, 6.45) is 9.21. The summed E-state index contributed by atoms with van der Waals surface area (Å²) < 4.78 is 6.28. The van der Waals surface area contributed by atoms with E-state index in [9.17, 15) is 9.59 Å². The van der Waals surface area contributed by atoms with Gasteiger partial charge in [-0.3, -0.25) is 9.59 Å². The van der Waals surface area contributed by atoms with E-state index in [1.54, 1.807) is 0 Å². The molecule has 2 amide bonds. The predicted octanol–water partition coefficient (Wildman–Crippen LogP) is 5.16. The van der Waals surface area contributed by atoms with Crippen LogP contribution >= 0.6 is 0 Å². The summed E-state index contributed by atoms with van der Waals surface area (Å²) in [5.41, 5.74) is 1.10. The van der Waals surface area contributed by atoms with E-state index in [4.69, 9.17) is 4.74 Å². The number of amides is 2. The second-order valence-electron chi connectivity index (χ2n) is 11.4. The molecule has 0 bridgehead atoms. The number of ether oxygens (including phenoxy) is 1. The first kappa shape index (κ1) is 23.8. The van der Waals surface area contributed by atoms with Gasteiger partial charge in [-0.1, -0.05) is 70.9 Å². The molecule has 5 heteroatoms. The van der Waals surface area contributed by atoms with E-state index < -0.39 is 0 Å². The summed E-state index contributed by atoms with van der Waals surface area (Å²) in [6.45, 7) is 9.13. The molecule has 3 fully saturated rings. The Balaban J connectivity index is 1.55. The Bertz CT molecular complexity index is 873. The van der Waals surface area contributed by atoms with Crippen LogP contribution in [-0.2, 0) is 14.3 Å². The molecule has 180 valence electrons. The minimum atomic E-state index is -0.165. The third-order valence-electron chi connectivity index (χ3n) is 8.00. The van der Waals surface area contributed by atoms with Crippen molar-refractivity contribution in [2.75, 3.05) is 6.54 Å². The predicted molar refractivity (Wildman–Crippen MR) is 131 cm³/mol. The maximum atomic E-state index is 13.6. The molecular weight excluding hydrogens is 412 g/mol. The van der Waals surface area contributed by atoms with Crippen LogP contribution in [0.4, 0.5) is 0 Å². The summed E-state index contributed by atoms with van der Waals surface area (Å²) in [5.74, 6) is 1.14. The number of rotatable bonds is 4. The van der Waals surface area contributed by atoms with Gasteiger partial charge in [-0.25, -0.2) is 0 Å². The summed E-state index contributed by atoms with van der Waals surface area (Å²) in [4.78, 5) is 28.5. The summed E-state index contributed by atoms with van der Waals surface area (Å²) in [7, 11) is 0. The molecule has 2 aliphatic carbocycles. The van der Waals surface area contributed by atoms with Crippen LogP contribution in [0.2, 0.25) is 0 Å². The molecule has 5 nitrogen and oxygen atoms in total. The van der Waals surface area contributed by atoms with Crippen molar-refractivity contribution in [2.45, 2.75) is 90.8 Å². The van der Waals surface area contributed by atoms with Gasteiger partial charge >= 0.3 is 0 Å². The first-order valence-corrected chi connectivity index (χ1v) is 12.8. The van der Waals surface area contributed by atoms with Gasteiger partial charge in [-0.05, 0) is 61.0 Å². The Labute approximate surface area is 198 Å². The van der Waals surface area contributed by atoms with Crippen LogP contribution in [0.3, 0.4) is 0 Å². The standard InChI is InChI=1S/C28H40N2O3/c1-19-10-8-9-13-22(19)29-26(31)18-30-23-17-21(28(2,3)4)14-15-24(23)33-25(27(30)32)16-20-11-6-5-7-12-20/h5-7,11-12,16,19,21-24H,8-10,13-15,17-18H2,1-4H3,(H,29,31)/b25-16-. The highest BCUT2D eigenvalue weighted by molar-refractivity contribution is 5.98. The zero-order chi connectivity index (χ0) is 23.6. The van der Waals surface area contributed by atoms with Gasteiger partial charge in [-0.15, -0.1) is 0 Å². The van der Waals surface area contributed by atoms with Crippen LogP contribution in [0, 0.1) is 17.3 Å². The summed E-state index contributed by atoms with van der Waals surface area (Å²) in [6, 6.07) is 9.95.